The molecule has 18 heteroatoms. The Kier molecular flexibility index (Phi) is 18.1. The van der Waals surface area contributed by atoms with E-state index in [1.807, 2.05) is 0 Å². The van der Waals surface area contributed by atoms with Crippen molar-refractivity contribution in [3.05, 3.63) is 40.2 Å². The van der Waals surface area contributed by atoms with Crippen LogP contribution in [0.15, 0.2) is 29.1 Å². The number of nitrogens with two attached hydrogens (primary N) is 1. The zero-order valence-corrected chi connectivity index (χ0v) is 30.6. The quantitative estimate of drug-likeness (QED) is 0.0446. The van der Waals surface area contributed by atoms with Crippen molar-refractivity contribution >= 4 is 102 Å². The zero-order chi connectivity index (χ0) is 35.1. The Bertz CT molecular complexity index is 1490. The number of nitrogens with one attached hydrogen (secondary N) is 5. The number of hydrogen-bond acceptors (Lipinski definition) is 11. The van der Waals surface area contributed by atoms with Crippen LogP contribution in [0.25, 0.3) is 0 Å². The molecule has 1 aromatic heterocycles. The predicted octanol–water partition coefficient (Wildman–Crippen LogP) is 1.90. The van der Waals surface area contributed by atoms with Gasteiger partial charge in [0.15, 0.2) is 16.6 Å². The maximum Gasteiger partial charge on any atom is 2.00 e. The van der Waals surface area contributed by atoms with Crippen molar-refractivity contribution in [2.75, 3.05) is 47.5 Å². The van der Waals surface area contributed by atoms with E-state index < -0.39 is 35.9 Å². The molecular formula is C31H44CaN8O8S+2. The van der Waals surface area contributed by atoms with E-state index in [4.69, 9.17) is 27.8 Å². The summed E-state index contributed by atoms with van der Waals surface area (Å²) in [6.45, 7) is 3.52. The molecule has 1 aliphatic rings. The van der Waals surface area contributed by atoms with Crippen LogP contribution in [0, 0.1) is 0 Å². The Hall–Kier alpha value is -3.67. The van der Waals surface area contributed by atoms with E-state index in [-0.39, 0.29) is 73.4 Å². The number of ether oxygens (including phenoxy) is 1. The van der Waals surface area contributed by atoms with Crippen LogP contribution in [0.1, 0.15) is 75.1 Å². The van der Waals surface area contributed by atoms with Crippen LogP contribution < -0.4 is 37.5 Å². The number of hydrogen-bond donors (Lipinski definition) is 8. The number of carbonyl (C=O) groups excluding carboxylic acids is 2. The molecule has 1 aromatic carbocycles. The summed E-state index contributed by atoms with van der Waals surface area (Å²) in [7, 11) is 0. The molecule has 0 saturated carbocycles. The molecule has 1 aliphatic heterocycles. The summed E-state index contributed by atoms with van der Waals surface area (Å²) in [5.41, 5.74) is 6.43. The number of nitrogen functional groups attached to an aromatic ring is 1. The molecule has 0 spiro atoms. The number of aliphatic carboxylic acids is 2. The third-order valence-corrected chi connectivity index (χ3v) is 7.91. The number of nitrogens with zero attached hydrogens (tertiary/aromatic N) is 2. The second-order valence-electron chi connectivity index (χ2n) is 11.2. The maximum absolute atomic E-state index is 13.0. The van der Waals surface area contributed by atoms with Crippen LogP contribution in [-0.4, -0.2) is 125 Å². The predicted molar refractivity (Wildman–Crippen MR) is 190 cm³/mol. The summed E-state index contributed by atoms with van der Waals surface area (Å²) in [5.74, 6) is -2.98. The molecular weight excluding hydrogens is 685 g/mol. The Labute approximate surface area is 319 Å². The van der Waals surface area contributed by atoms with E-state index in [9.17, 15) is 29.1 Å². The number of thiocarbonyl (C=S) groups is 1. The number of H-pyrrole nitrogens is 1. The topological polar surface area (TPSA) is 241 Å². The van der Waals surface area contributed by atoms with Gasteiger partial charge in [0, 0.05) is 43.7 Å². The van der Waals surface area contributed by atoms with Gasteiger partial charge in [-0.1, -0.05) is 25.7 Å². The molecule has 16 nitrogen and oxygen atoms in total. The van der Waals surface area contributed by atoms with Gasteiger partial charge in [-0.2, -0.15) is 4.98 Å². The average molecular weight is 729 g/mol. The largest absolute Gasteiger partial charge is 2.00 e. The van der Waals surface area contributed by atoms with E-state index in [1.54, 1.807) is 24.0 Å². The number of esters is 1. The summed E-state index contributed by atoms with van der Waals surface area (Å²) in [6.07, 6.45) is 5.47. The second kappa shape index (κ2) is 21.4. The van der Waals surface area contributed by atoms with Gasteiger partial charge in [0.05, 0.1) is 12.6 Å². The number of aromatic nitrogens is 2. The Morgan fingerprint density at radius 1 is 1.08 bits per heavy atom. The summed E-state index contributed by atoms with van der Waals surface area (Å²) < 4.78 is 4.95. The number of carboxylic acid groups (broad SMARTS) is 2. The summed E-state index contributed by atoms with van der Waals surface area (Å²) >= 11 is 5.75. The number of fused-ring (bicyclic) bond motifs is 1. The first kappa shape index (κ1) is 41.5. The smallest absolute Gasteiger partial charge is 0.481 e. The van der Waals surface area contributed by atoms with E-state index in [2.05, 4.69) is 31.2 Å². The second-order valence-corrected chi connectivity index (χ2v) is 11.6. The number of anilines is 4. The maximum atomic E-state index is 13.0. The molecule has 2 unspecified atom stereocenters. The minimum atomic E-state index is -1.33. The molecule has 2 heterocycles. The fraction of sp³-hybridized carbons (Fsp3) is 0.516. The molecule has 9 N–H and O–H groups in total. The number of carboxylic acids is 2. The van der Waals surface area contributed by atoms with Crippen molar-refractivity contribution in [2.45, 2.75) is 76.8 Å². The first-order valence-corrected chi connectivity index (χ1v) is 16.4. The summed E-state index contributed by atoms with van der Waals surface area (Å²) in [6, 6.07) is 4.68. The van der Waals surface area contributed by atoms with Crippen LogP contribution in [-0.2, 0) is 19.1 Å². The summed E-state index contributed by atoms with van der Waals surface area (Å²) in [5, 5.41) is 30.6. The molecule has 0 fully saturated rings. The number of amides is 1. The van der Waals surface area contributed by atoms with Gasteiger partial charge in [-0.05, 0) is 62.7 Å². The van der Waals surface area contributed by atoms with Gasteiger partial charge in [0.25, 0.3) is 11.5 Å². The first-order chi connectivity index (χ1) is 23.0. The molecule has 0 saturated heterocycles. The fourth-order valence-electron chi connectivity index (χ4n) is 5.11. The van der Waals surface area contributed by atoms with E-state index in [1.165, 1.54) is 12.1 Å². The minimum absolute atomic E-state index is 0. The molecule has 49 heavy (non-hydrogen) atoms. The number of unbranched alkanes of at least 4 members (excludes halogenated alkanes) is 5. The number of benzene rings is 1. The zero-order valence-electron chi connectivity index (χ0n) is 27.6. The average Bonchev–Trinajstić information content (AvgIpc) is 3.04. The van der Waals surface area contributed by atoms with Crippen LogP contribution in [0.5, 0.6) is 0 Å². The Balaban J connectivity index is 0.00000833. The van der Waals surface area contributed by atoms with Crippen molar-refractivity contribution in [2.24, 2.45) is 0 Å². The Morgan fingerprint density at radius 2 is 1.76 bits per heavy atom. The van der Waals surface area contributed by atoms with Crippen molar-refractivity contribution in [3.63, 3.8) is 0 Å². The fourth-order valence-corrected chi connectivity index (χ4v) is 5.45. The van der Waals surface area contributed by atoms with E-state index in [0.29, 0.717) is 49.3 Å². The van der Waals surface area contributed by atoms with Gasteiger partial charge in [-0.3, -0.25) is 24.2 Å². The van der Waals surface area contributed by atoms with Crippen molar-refractivity contribution in [3.8, 4) is 0 Å². The number of rotatable bonds is 19. The van der Waals surface area contributed by atoms with Gasteiger partial charge in [0.2, 0.25) is 5.95 Å². The van der Waals surface area contributed by atoms with Crippen molar-refractivity contribution in [1.82, 2.24) is 20.6 Å². The van der Waals surface area contributed by atoms with Crippen LogP contribution in [0.2, 0.25) is 0 Å². The van der Waals surface area contributed by atoms with Gasteiger partial charge in [0.1, 0.15) is 6.04 Å². The summed E-state index contributed by atoms with van der Waals surface area (Å²) in [4.78, 5) is 67.8. The first-order valence-electron chi connectivity index (χ1n) is 16.0. The molecule has 262 valence electrons. The molecule has 1 amide bonds. The molecule has 3 rings (SSSR count). The Morgan fingerprint density at radius 3 is 2.41 bits per heavy atom. The SMILES string of the molecule is CCOC(=O)CCCCCCCCNC(=S)N1c2c(nc(N)[nH]c2=O)NCC1CNc1ccc(C(=O)NC(CCC(=O)O)C(=O)O)cc1.[Ca+2]. The standard InChI is InChI=1S/C31H44N8O8S.Ca/c1-2-47-24(42)9-7-5-3-4-6-8-16-33-31(48)39-21(18-35-26-25(39)28(44)38-30(32)37-26)17-34-20-12-10-19(11-13-20)27(43)36-22(29(45)46)14-15-23(40)41;/h10-13,21-22,34H,2-9,14-18H2,1H3,(H,33,48)(H,36,43)(H,40,41)(H,45,46)(H4,32,35,37,38,44);/q;+2. The van der Waals surface area contributed by atoms with Gasteiger partial charge in [-0.25, -0.2) is 4.79 Å². The van der Waals surface area contributed by atoms with Crippen LogP contribution in [0.3, 0.4) is 0 Å². The normalized spacial score (nSPS) is 13.9. The van der Waals surface area contributed by atoms with Gasteiger partial charge >= 0.3 is 55.6 Å². The van der Waals surface area contributed by atoms with Crippen LogP contribution in [0.4, 0.5) is 23.1 Å². The van der Waals surface area contributed by atoms with Gasteiger partial charge in [-0.15, -0.1) is 0 Å². The molecule has 2 atom stereocenters. The van der Waals surface area contributed by atoms with E-state index >= 15 is 0 Å². The van der Waals surface area contributed by atoms with Crippen molar-refractivity contribution in [1.29, 1.82) is 0 Å². The minimum Gasteiger partial charge on any atom is -0.481 e. The third kappa shape index (κ3) is 13.6. The van der Waals surface area contributed by atoms with Crippen molar-refractivity contribution < 1.29 is 34.1 Å². The molecule has 0 aliphatic carbocycles. The number of carbonyl (C=O) groups is 4. The monoisotopic (exact) mass is 728 g/mol. The molecule has 2 aromatic rings. The molecule has 0 radical (unpaired) electrons. The molecule has 0 bridgehead atoms. The third-order valence-electron chi connectivity index (χ3n) is 7.57. The van der Waals surface area contributed by atoms with E-state index in [0.717, 1.165) is 38.5 Å². The van der Waals surface area contributed by atoms with Crippen LogP contribution >= 0.6 is 12.2 Å². The van der Waals surface area contributed by atoms with Gasteiger partial charge < -0.3 is 46.9 Å². The number of aromatic amines is 1.